The van der Waals surface area contributed by atoms with Crippen LogP contribution in [0.1, 0.15) is 76.2 Å². The number of nitrogens with zero attached hydrogens (tertiary/aromatic N) is 4. The van der Waals surface area contributed by atoms with Gasteiger partial charge in [-0.1, -0.05) is 101 Å². The second-order valence-electron chi connectivity index (χ2n) is 8.11. The molecule has 1 aliphatic carbocycles. The molecule has 0 aromatic heterocycles. The molecule has 2 aliphatic heterocycles. The van der Waals surface area contributed by atoms with E-state index in [1.165, 1.54) is 81.0 Å². The zero-order valence-corrected chi connectivity index (χ0v) is 24.3. The van der Waals surface area contributed by atoms with Crippen molar-refractivity contribution < 1.29 is 0 Å². The Hall–Kier alpha value is -0.591. The van der Waals surface area contributed by atoms with E-state index in [4.69, 9.17) is 10.8 Å². The van der Waals surface area contributed by atoms with Crippen LogP contribution in [0.2, 0.25) is 0 Å². The minimum Gasteiger partial charge on any atom is -0.753 e. The maximum absolute atomic E-state index is 7.13. The third-order valence-corrected chi connectivity index (χ3v) is 5.55. The van der Waals surface area contributed by atoms with E-state index < -0.39 is 0 Å². The Morgan fingerprint density at radius 3 is 1.36 bits per heavy atom. The van der Waals surface area contributed by atoms with Crippen LogP contribution in [-0.2, 0) is 0 Å². The molecular formula is C26H38N4S2Sn-2. The predicted octanol–water partition coefficient (Wildman–Crippen LogP) is 8.04. The fourth-order valence-electron chi connectivity index (χ4n) is 3.92. The summed E-state index contributed by atoms with van der Waals surface area (Å²) < 4.78 is 0. The third kappa shape index (κ3) is 21.7. The van der Waals surface area contributed by atoms with E-state index in [1.54, 1.807) is 0 Å². The summed E-state index contributed by atoms with van der Waals surface area (Å²) in [4.78, 5) is 0. The average Bonchev–Trinajstić information content (AvgIpc) is 2.83. The number of isothiocyanates is 2. The Labute approximate surface area is 230 Å². The summed E-state index contributed by atoms with van der Waals surface area (Å²) in [5, 5.41) is 26.3. The van der Waals surface area contributed by atoms with Gasteiger partial charge < -0.3 is 28.4 Å². The van der Waals surface area contributed by atoms with Gasteiger partial charge in [-0.15, -0.1) is 25.2 Å². The van der Waals surface area contributed by atoms with Crippen LogP contribution < -0.4 is 0 Å². The van der Waals surface area contributed by atoms with Crippen molar-refractivity contribution in [1.29, 1.82) is 0 Å². The van der Waals surface area contributed by atoms with Crippen LogP contribution in [0.4, 0.5) is 0 Å². The van der Waals surface area contributed by atoms with E-state index in [2.05, 4.69) is 48.9 Å². The number of thiocarbonyl (C=S) groups is 2. The fourth-order valence-corrected chi connectivity index (χ4v) is 3.92. The van der Waals surface area contributed by atoms with E-state index >= 15 is 0 Å². The van der Waals surface area contributed by atoms with Gasteiger partial charge in [0.15, 0.2) is 0 Å². The zero-order chi connectivity index (χ0) is 23.9. The van der Waals surface area contributed by atoms with Crippen molar-refractivity contribution in [2.75, 3.05) is 13.1 Å². The Kier molecular flexibility index (Phi) is 27.3. The number of benzene rings is 1. The molecule has 0 amide bonds. The maximum Gasteiger partial charge on any atom is 4.00 e. The molecular weight excluding hydrogens is 551 g/mol. The molecule has 7 heteroatoms. The SMILES string of the molecule is C1CCC(C2CCCC[N-]2)[N-]C1.[CH2-]C1CCCCC1.[CH2-]c1ccccc1.[N-]=C=S.[N-]=C=S.[Sn+4]. The maximum atomic E-state index is 7.13. The first-order valence-corrected chi connectivity index (χ1v) is 12.5. The molecule has 4 rings (SSSR count). The minimum absolute atomic E-state index is 0. The molecule has 1 saturated carbocycles. The van der Waals surface area contributed by atoms with Crippen molar-refractivity contribution in [3.8, 4) is 0 Å². The molecule has 0 spiro atoms. The molecule has 4 nitrogen and oxygen atoms in total. The van der Waals surface area contributed by atoms with Crippen LogP contribution in [0, 0.1) is 19.8 Å². The average molecular weight is 589 g/mol. The van der Waals surface area contributed by atoms with Crippen LogP contribution in [0.25, 0.3) is 21.5 Å². The number of hydrogen-bond acceptors (Lipinski definition) is 2. The topological polar surface area (TPSA) is 72.8 Å². The van der Waals surface area contributed by atoms with Gasteiger partial charge in [0.25, 0.3) is 0 Å². The van der Waals surface area contributed by atoms with E-state index in [0.717, 1.165) is 24.6 Å². The van der Waals surface area contributed by atoms with Crippen LogP contribution in [0.3, 0.4) is 0 Å². The third-order valence-electron chi connectivity index (χ3n) is 5.55. The summed E-state index contributed by atoms with van der Waals surface area (Å²) in [5.74, 6) is 0.786. The summed E-state index contributed by atoms with van der Waals surface area (Å²) in [6.45, 7) is 9.91. The standard InChI is InChI=1S/C10H18N2.C7H13.C7H7.2CNS.Sn/c1-3-7-11-9(5-1)10-6-2-4-8-12-10;2*1-7-5-3-2-4-6-7;2*2-1-3;/h9-10H,1-8H2;7H,1-6H2;2-6H,1H2;;;/q-2;4*-1;+4. The minimum atomic E-state index is 0. The molecule has 2 unspecified atom stereocenters. The quantitative estimate of drug-likeness (QED) is 0.144. The van der Waals surface area contributed by atoms with Crippen molar-refractivity contribution in [2.24, 2.45) is 5.92 Å². The Balaban J connectivity index is 0. The summed E-state index contributed by atoms with van der Waals surface area (Å²) in [5.41, 5.74) is 1.07. The predicted molar refractivity (Wildman–Crippen MR) is 152 cm³/mol. The monoisotopic (exact) mass is 590 g/mol. The first kappa shape index (κ1) is 34.6. The van der Waals surface area contributed by atoms with Gasteiger partial charge in [-0.2, -0.15) is 52.9 Å². The summed E-state index contributed by atoms with van der Waals surface area (Å²) in [7, 11) is 0. The van der Waals surface area contributed by atoms with Crippen molar-refractivity contribution in [2.45, 2.75) is 82.7 Å². The zero-order valence-electron chi connectivity index (χ0n) is 19.8. The van der Waals surface area contributed by atoms with E-state index in [0.29, 0.717) is 12.1 Å². The number of hydrogen-bond donors (Lipinski definition) is 0. The van der Waals surface area contributed by atoms with Crippen molar-refractivity contribution >= 4 is 58.7 Å². The summed E-state index contributed by atoms with van der Waals surface area (Å²) >= 11 is 7.40. The van der Waals surface area contributed by atoms with Gasteiger partial charge in [0.05, 0.1) is 0 Å². The first-order valence-electron chi connectivity index (χ1n) is 11.6. The molecule has 3 fully saturated rings. The van der Waals surface area contributed by atoms with Gasteiger partial charge in [-0.3, -0.25) is 0 Å². The summed E-state index contributed by atoms with van der Waals surface area (Å²) in [6.07, 6.45) is 15.0. The van der Waals surface area contributed by atoms with E-state index in [1.807, 2.05) is 30.3 Å². The molecule has 2 saturated heterocycles. The molecule has 0 radical (unpaired) electrons. The Bertz CT molecular complexity index is 572. The van der Waals surface area contributed by atoms with Crippen LogP contribution >= 0.6 is 24.4 Å². The number of rotatable bonds is 1. The van der Waals surface area contributed by atoms with Gasteiger partial charge in [-0.25, -0.2) is 0 Å². The van der Waals surface area contributed by atoms with Gasteiger partial charge in [0.1, 0.15) is 0 Å². The largest absolute Gasteiger partial charge is 4.00 e. The molecule has 0 N–H and O–H groups in total. The Morgan fingerprint density at radius 2 is 1.12 bits per heavy atom. The van der Waals surface area contributed by atoms with Gasteiger partial charge in [-0.05, 0) is 0 Å². The normalized spacial score (nSPS) is 21.5. The van der Waals surface area contributed by atoms with Crippen LogP contribution in [0.5, 0.6) is 0 Å². The smallest absolute Gasteiger partial charge is 0.753 e. The van der Waals surface area contributed by atoms with Crippen molar-refractivity contribution in [3.05, 3.63) is 71.2 Å². The molecule has 33 heavy (non-hydrogen) atoms. The first-order chi connectivity index (χ1) is 15.6. The molecule has 1 aromatic rings. The molecule has 0 bridgehead atoms. The Morgan fingerprint density at radius 1 is 0.727 bits per heavy atom. The summed E-state index contributed by atoms with van der Waals surface area (Å²) in [6, 6.07) is 11.1. The molecule has 180 valence electrons. The van der Waals surface area contributed by atoms with E-state index in [-0.39, 0.29) is 23.9 Å². The molecule has 3 aliphatic rings. The molecule has 2 heterocycles. The second kappa shape index (κ2) is 26.0. The van der Waals surface area contributed by atoms with Gasteiger partial charge in [0, 0.05) is 0 Å². The fraction of sp³-hybridized carbons (Fsp3) is 0.615. The van der Waals surface area contributed by atoms with E-state index in [9.17, 15) is 0 Å². The van der Waals surface area contributed by atoms with Crippen molar-refractivity contribution in [1.82, 2.24) is 0 Å². The molecule has 2 atom stereocenters. The van der Waals surface area contributed by atoms with Crippen LogP contribution in [-0.4, -0.2) is 59.4 Å². The van der Waals surface area contributed by atoms with Gasteiger partial charge in [0.2, 0.25) is 0 Å². The second-order valence-corrected chi connectivity index (χ2v) is 8.48. The molecule has 1 aromatic carbocycles. The number of piperidine rings is 2. The van der Waals surface area contributed by atoms with Gasteiger partial charge >= 0.3 is 23.9 Å². The van der Waals surface area contributed by atoms with Crippen molar-refractivity contribution in [3.63, 3.8) is 0 Å². The van der Waals surface area contributed by atoms with Crippen LogP contribution in [0.15, 0.2) is 30.3 Å².